The molecule has 0 atom stereocenters. The van der Waals surface area contributed by atoms with Crippen LogP contribution in [0.3, 0.4) is 0 Å². The second-order valence-corrected chi connectivity index (χ2v) is 5.81. The average Bonchev–Trinajstić information content (AvgIpc) is 2.31. The zero-order valence-corrected chi connectivity index (χ0v) is 12.9. The fourth-order valence-electron chi connectivity index (χ4n) is 1.86. The van der Waals surface area contributed by atoms with Crippen LogP contribution in [0.1, 0.15) is 20.8 Å². The number of hydrogen-bond donors (Lipinski definition) is 3. The summed E-state index contributed by atoms with van der Waals surface area (Å²) in [4.78, 5) is 13.9. The van der Waals surface area contributed by atoms with Gasteiger partial charge in [0.2, 0.25) is 5.91 Å². The van der Waals surface area contributed by atoms with Gasteiger partial charge in [-0.2, -0.15) is 0 Å². The van der Waals surface area contributed by atoms with Gasteiger partial charge in [0.15, 0.2) is 0 Å². The maximum Gasteiger partial charge on any atom is 0.238 e. The first-order valence-electron chi connectivity index (χ1n) is 6.51. The Bertz CT molecular complexity index is 472. The van der Waals surface area contributed by atoms with Crippen LogP contribution in [0, 0.1) is 0 Å². The van der Waals surface area contributed by atoms with Gasteiger partial charge in [0, 0.05) is 12.2 Å². The summed E-state index contributed by atoms with van der Waals surface area (Å²) >= 11 is 5.99. The summed E-state index contributed by atoms with van der Waals surface area (Å²) in [6.07, 6.45) is 0. The number of rotatable bonds is 6. The van der Waals surface area contributed by atoms with Crippen molar-refractivity contribution in [2.24, 2.45) is 0 Å². The molecule has 112 valence electrons. The zero-order valence-electron chi connectivity index (χ0n) is 12.1. The second-order valence-electron chi connectivity index (χ2n) is 5.40. The average molecular weight is 300 g/mol. The highest BCUT2D eigenvalue weighted by molar-refractivity contribution is 6.33. The van der Waals surface area contributed by atoms with Crippen molar-refractivity contribution in [3.8, 4) is 0 Å². The van der Waals surface area contributed by atoms with Gasteiger partial charge in [0.1, 0.15) is 0 Å². The van der Waals surface area contributed by atoms with E-state index in [2.05, 4.69) is 5.32 Å². The van der Waals surface area contributed by atoms with Crippen molar-refractivity contribution in [1.82, 2.24) is 4.90 Å². The molecule has 0 bridgehead atoms. The number of amides is 1. The molecule has 20 heavy (non-hydrogen) atoms. The smallest absolute Gasteiger partial charge is 0.238 e. The Morgan fingerprint density at radius 3 is 2.70 bits per heavy atom. The van der Waals surface area contributed by atoms with Crippen molar-refractivity contribution in [2.45, 2.75) is 26.4 Å². The Hall–Kier alpha value is -1.30. The van der Waals surface area contributed by atoms with E-state index in [1.54, 1.807) is 32.0 Å². The molecule has 1 amide bonds. The highest BCUT2D eigenvalue weighted by Crippen LogP contribution is 2.23. The minimum Gasteiger partial charge on any atom is -0.399 e. The molecule has 0 aliphatic rings. The van der Waals surface area contributed by atoms with Crippen LogP contribution in [0.5, 0.6) is 0 Å². The quantitative estimate of drug-likeness (QED) is 0.702. The molecule has 0 aromatic heterocycles. The van der Waals surface area contributed by atoms with Crippen LogP contribution in [0.2, 0.25) is 5.02 Å². The number of likely N-dealkylation sites (N-methyl/N-ethyl adjacent to an activating group) is 1. The lowest BCUT2D eigenvalue weighted by molar-refractivity contribution is -0.117. The number of benzene rings is 1. The molecule has 5 nitrogen and oxygen atoms in total. The molecule has 0 fully saturated rings. The van der Waals surface area contributed by atoms with Crippen molar-refractivity contribution in [3.63, 3.8) is 0 Å². The van der Waals surface area contributed by atoms with Crippen molar-refractivity contribution in [2.75, 3.05) is 30.7 Å². The van der Waals surface area contributed by atoms with Crippen molar-refractivity contribution in [3.05, 3.63) is 23.2 Å². The van der Waals surface area contributed by atoms with E-state index in [0.29, 0.717) is 29.5 Å². The fourth-order valence-corrected chi connectivity index (χ4v) is 2.02. The van der Waals surface area contributed by atoms with Crippen LogP contribution in [0.25, 0.3) is 0 Å². The summed E-state index contributed by atoms with van der Waals surface area (Å²) < 4.78 is 0. The van der Waals surface area contributed by atoms with Gasteiger partial charge in [-0.15, -0.1) is 0 Å². The van der Waals surface area contributed by atoms with E-state index in [1.807, 2.05) is 11.8 Å². The number of nitrogen functional groups attached to an aromatic ring is 1. The number of hydrogen-bond acceptors (Lipinski definition) is 4. The molecule has 0 spiro atoms. The predicted octanol–water partition coefficient (Wildman–Crippen LogP) is 1.95. The predicted molar refractivity (Wildman–Crippen MR) is 82.9 cm³/mol. The molecule has 0 heterocycles. The third-order valence-electron chi connectivity index (χ3n) is 2.69. The molecule has 0 saturated carbocycles. The topological polar surface area (TPSA) is 78.6 Å². The number of nitrogens with two attached hydrogens (primary N) is 1. The van der Waals surface area contributed by atoms with Crippen molar-refractivity contribution >= 4 is 28.9 Å². The van der Waals surface area contributed by atoms with Crippen LogP contribution in [0.15, 0.2) is 18.2 Å². The van der Waals surface area contributed by atoms with Crippen LogP contribution >= 0.6 is 11.6 Å². The Kier molecular flexibility index (Phi) is 5.80. The number of halogens is 1. The Morgan fingerprint density at radius 1 is 1.50 bits per heavy atom. The molecular weight excluding hydrogens is 278 g/mol. The van der Waals surface area contributed by atoms with E-state index in [1.165, 1.54) is 0 Å². The maximum absolute atomic E-state index is 12.0. The fraction of sp³-hybridized carbons (Fsp3) is 0.500. The summed E-state index contributed by atoms with van der Waals surface area (Å²) in [6.45, 7) is 6.63. The van der Waals surface area contributed by atoms with Crippen LogP contribution in [0.4, 0.5) is 11.4 Å². The number of carbonyl (C=O) groups is 1. The largest absolute Gasteiger partial charge is 0.399 e. The second kappa shape index (κ2) is 6.92. The minimum absolute atomic E-state index is 0.186. The van der Waals surface area contributed by atoms with E-state index in [4.69, 9.17) is 17.3 Å². The molecule has 0 aliphatic heterocycles. The number of aliphatic hydroxyl groups is 1. The molecular formula is C14H22ClN3O2. The Balaban J connectivity index is 2.64. The highest BCUT2D eigenvalue weighted by Gasteiger charge is 2.19. The van der Waals surface area contributed by atoms with Gasteiger partial charge in [0.25, 0.3) is 0 Å². The van der Waals surface area contributed by atoms with E-state index in [9.17, 15) is 9.90 Å². The van der Waals surface area contributed by atoms with Crippen molar-refractivity contribution < 1.29 is 9.90 Å². The molecule has 1 aromatic carbocycles. The van der Waals surface area contributed by atoms with E-state index < -0.39 is 5.60 Å². The Morgan fingerprint density at radius 2 is 2.15 bits per heavy atom. The summed E-state index contributed by atoms with van der Waals surface area (Å²) in [5, 5.41) is 13.0. The van der Waals surface area contributed by atoms with Gasteiger partial charge < -0.3 is 16.2 Å². The first-order chi connectivity index (χ1) is 9.21. The first kappa shape index (κ1) is 16.8. The molecule has 4 N–H and O–H groups in total. The van der Waals surface area contributed by atoms with Gasteiger partial charge in [-0.1, -0.05) is 18.5 Å². The van der Waals surface area contributed by atoms with Gasteiger partial charge in [-0.25, -0.2) is 0 Å². The standard InChI is InChI=1S/C14H22ClN3O2/c1-4-18(9-14(2,3)20)8-13(19)17-12-7-10(16)5-6-11(12)15/h5-7,20H,4,8-9,16H2,1-3H3,(H,17,19). The zero-order chi connectivity index (χ0) is 15.3. The molecule has 0 saturated heterocycles. The van der Waals surface area contributed by atoms with E-state index in [0.717, 1.165) is 0 Å². The van der Waals surface area contributed by atoms with Gasteiger partial charge in [0.05, 0.1) is 22.9 Å². The summed E-state index contributed by atoms with van der Waals surface area (Å²) in [5.74, 6) is -0.191. The molecule has 0 radical (unpaired) electrons. The number of carbonyl (C=O) groups excluding carboxylic acids is 1. The number of anilines is 2. The summed E-state index contributed by atoms with van der Waals surface area (Å²) in [7, 11) is 0. The Labute approximate surface area is 124 Å². The van der Waals surface area contributed by atoms with Crippen LogP contribution in [-0.4, -0.2) is 41.1 Å². The lowest BCUT2D eigenvalue weighted by Crippen LogP contribution is -2.42. The van der Waals surface area contributed by atoms with E-state index >= 15 is 0 Å². The lowest BCUT2D eigenvalue weighted by atomic mass is 10.1. The molecule has 1 aromatic rings. The molecule has 0 unspecified atom stereocenters. The molecule has 6 heteroatoms. The number of nitrogens with zero attached hydrogens (tertiary/aromatic N) is 1. The van der Waals surface area contributed by atoms with Gasteiger partial charge in [-0.05, 0) is 38.6 Å². The lowest BCUT2D eigenvalue weighted by Gasteiger charge is -2.27. The third kappa shape index (κ3) is 5.77. The summed E-state index contributed by atoms with van der Waals surface area (Å²) in [6, 6.07) is 4.93. The highest BCUT2D eigenvalue weighted by atomic mass is 35.5. The molecule has 0 aliphatic carbocycles. The SMILES string of the molecule is CCN(CC(=O)Nc1cc(N)ccc1Cl)CC(C)(C)O. The third-order valence-corrected chi connectivity index (χ3v) is 3.02. The number of nitrogens with one attached hydrogen (secondary N) is 1. The van der Waals surface area contributed by atoms with Gasteiger partial charge in [-0.3, -0.25) is 9.69 Å². The van der Waals surface area contributed by atoms with Crippen LogP contribution < -0.4 is 11.1 Å². The van der Waals surface area contributed by atoms with Crippen molar-refractivity contribution in [1.29, 1.82) is 0 Å². The van der Waals surface area contributed by atoms with Gasteiger partial charge >= 0.3 is 0 Å². The minimum atomic E-state index is -0.842. The van der Waals surface area contributed by atoms with Crippen LogP contribution in [-0.2, 0) is 4.79 Å². The normalized spacial score (nSPS) is 11.7. The monoisotopic (exact) mass is 299 g/mol. The van der Waals surface area contributed by atoms with E-state index in [-0.39, 0.29) is 12.5 Å². The summed E-state index contributed by atoms with van der Waals surface area (Å²) in [5.41, 5.74) is 5.85. The first-order valence-corrected chi connectivity index (χ1v) is 6.88. The molecule has 1 rings (SSSR count). The maximum atomic E-state index is 12.0.